The molecule has 1 atom stereocenters. The zero-order chi connectivity index (χ0) is 14.9. The first-order valence-corrected chi connectivity index (χ1v) is 6.21. The molecule has 20 heavy (non-hydrogen) atoms. The van der Waals surface area contributed by atoms with Gasteiger partial charge in [-0.3, -0.25) is 4.98 Å². The Balaban J connectivity index is 2.34. The van der Waals surface area contributed by atoms with Crippen molar-refractivity contribution in [3.05, 3.63) is 63.4 Å². The zero-order valence-corrected chi connectivity index (χ0v) is 11.3. The van der Waals surface area contributed by atoms with E-state index in [0.29, 0.717) is 11.2 Å². The van der Waals surface area contributed by atoms with Crippen LogP contribution in [0, 0.1) is 0 Å². The van der Waals surface area contributed by atoms with Crippen molar-refractivity contribution >= 4 is 23.2 Å². The Bertz CT molecular complexity index is 614. The Morgan fingerprint density at radius 1 is 1.10 bits per heavy atom. The van der Waals surface area contributed by atoms with Crippen LogP contribution >= 0.6 is 23.2 Å². The minimum absolute atomic E-state index is 0.0576. The molecule has 0 aliphatic rings. The highest BCUT2D eigenvalue weighted by molar-refractivity contribution is 6.33. The normalized spacial score (nSPS) is 13.3. The van der Waals surface area contributed by atoms with E-state index in [9.17, 15) is 18.3 Å². The van der Waals surface area contributed by atoms with Crippen molar-refractivity contribution in [2.75, 3.05) is 0 Å². The van der Waals surface area contributed by atoms with Crippen LogP contribution in [0.5, 0.6) is 0 Å². The maximum Gasteiger partial charge on any atom is 0.417 e. The van der Waals surface area contributed by atoms with Gasteiger partial charge in [0.05, 0.1) is 11.3 Å². The molecule has 7 heteroatoms. The van der Waals surface area contributed by atoms with Crippen LogP contribution in [0.4, 0.5) is 13.2 Å². The summed E-state index contributed by atoms with van der Waals surface area (Å²) >= 11 is 11.7. The Morgan fingerprint density at radius 3 is 2.35 bits per heavy atom. The number of aliphatic hydroxyl groups excluding tert-OH is 1. The smallest absolute Gasteiger partial charge is 0.382 e. The lowest BCUT2D eigenvalue weighted by molar-refractivity contribution is -0.137. The van der Waals surface area contributed by atoms with Crippen molar-refractivity contribution in [3.8, 4) is 0 Å². The molecule has 1 aromatic carbocycles. The lowest BCUT2D eigenvalue weighted by atomic mass is 10.1. The molecule has 2 rings (SSSR count). The largest absolute Gasteiger partial charge is 0.417 e. The van der Waals surface area contributed by atoms with Crippen LogP contribution < -0.4 is 0 Å². The highest BCUT2D eigenvalue weighted by Crippen LogP contribution is 2.32. The second-order valence-electron chi connectivity index (χ2n) is 4.04. The molecule has 0 amide bonds. The molecule has 0 aliphatic carbocycles. The van der Waals surface area contributed by atoms with E-state index in [1.54, 1.807) is 6.07 Å². The topological polar surface area (TPSA) is 33.1 Å². The van der Waals surface area contributed by atoms with E-state index < -0.39 is 17.8 Å². The first-order valence-electron chi connectivity index (χ1n) is 5.45. The summed E-state index contributed by atoms with van der Waals surface area (Å²) in [4.78, 5) is 3.62. The Kier molecular flexibility index (Phi) is 4.22. The summed E-state index contributed by atoms with van der Waals surface area (Å²) in [6.07, 6.45) is -5.05. The molecule has 1 unspecified atom stereocenters. The quantitative estimate of drug-likeness (QED) is 0.884. The average Bonchev–Trinajstić information content (AvgIpc) is 2.40. The zero-order valence-electron chi connectivity index (χ0n) is 9.83. The maximum atomic E-state index is 12.4. The van der Waals surface area contributed by atoms with E-state index in [0.717, 1.165) is 12.1 Å². The molecule has 0 aliphatic heterocycles. The summed E-state index contributed by atoms with van der Waals surface area (Å²) in [6, 6.07) is 6.43. The van der Waals surface area contributed by atoms with Crippen LogP contribution in [0.15, 0.2) is 36.5 Å². The number of alkyl halides is 3. The van der Waals surface area contributed by atoms with Gasteiger partial charge in [0.15, 0.2) is 0 Å². The fourth-order valence-electron chi connectivity index (χ4n) is 1.62. The first-order chi connectivity index (χ1) is 9.29. The van der Waals surface area contributed by atoms with Gasteiger partial charge >= 0.3 is 6.18 Å². The van der Waals surface area contributed by atoms with Gasteiger partial charge in [0.2, 0.25) is 0 Å². The lowest BCUT2D eigenvalue weighted by Gasteiger charge is -2.13. The predicted octanol–water partition coefficient (Wildman–Crippen LogP) is 4.49. The average molecular weight is 322 g/mol. The fourth-order valence-corrected chi connectivity index (χ4v) is 2.02. The molecule has 1 heterocycles. The third kappa shape index (κ3) is 3.23. The van der Waals surface area contributed by atoms with Crippen molar-refractivity contribution in [2.24, 2.45) is 0 Å². The van der Waals surface area contributed by atoms with Gasteiger partial charge in [-0.05, 0) is 30.3 Å². The third-order valence-corrected chi connectivity index (χ3v) is 3.23. The molecule has 0 saturated carbocycles. The van der Waals surface area contributed by atoms with Crippen LogP contribution in [0.1, 0.15) is 22.9 Å². The van der Waals surface area contributed by atoms with Gasteiger partial charge < -0.3 is 5.11 Å². The number of pyridine rings is 1. The van der Waals surface area contributed by atoms with Crippen LogP contribution in [0.25, 0.3) is 0 Å². The molecule has 2 aromatic rings. The molecule has 0 spiro atoms. The number of hydrogen-bond donors (Lipinski definition) is 1. The van der Waals surface area contributed by atoms with Gasteiger partial charge in [0.25, 0.3) is 0 Å². The van der Waals surface area contributed by atoms with Gasteiger partial charge in [-0.15, -0.1) is 0 Å². The van der Waals surface area contributed by atoms with Crippen LogP contribution in [-0.4, -0.2) is 10.1 Å². The Morgan fingerprint density at radius 2 is 1.80 bits per heavy atom. The maximum absolute atomic E-state index is 12.4. The monoisotopic (exact) mass is 321 g/mol. The SMILES string of the molecule is OC(c1ccc(C(F)(F)F)cn1)c1cc(Cl)ccc1Cl. The van der Waals surface area contributed by atoms with Crippen molar-refractivity contribution in [1.29, 1.82) is 0 Å². The number of hydrogen-bond acceptors (Lipinski definition) is 2. The Labute approximate surface area is 122 Å². The molecule has 106 valence electrons. The molecule has 0 bridgehead atoms. The van der Waals surface area contributed by atoms with Gasteiger partial charge in [0, 0.05) is 21.8 Å². The fraction of sp³-hybridized carbons (Fsp3) is 0.154. The summed E-state index contributed by atoms with van der Waals surface area (Å²) in [5.41, 5.74) is -0.542. The number of aliphatic hydroxyl groups is 1. The predicted molar refractivity (Wildman–Crippen MR) is 69.8 cm³/mol. The number of aromatic nitrogens is 1. The van der Waals surface area contributed by atoms with Crippen molar-refractivity contribution in [1.82, 2.24) is 4.98 Å². The number of benzene rings is 1. The number of halogens is 5. The summed E-state index contributed by atoms with van der Waals surface area (Å²) in [5, 5.41) is 10.7. The molecule has 2 nitrogen and oxygen atoms in total. The van der Waals surface area contributed by atoms with Gasteiger partial charge in [0.1, 0.15) is 6.10 Å². The van der Waals surface area contributed by atoms with E-state index in [-0.39, 0.29) is 16.3 Å². The summed E-state index contributed by atoms with van der Waals surface area (Å²) in [5.74, 6) is 0. The van der Waals surface area contributed by atoms with E-state index >= 15 is 0 Å². The molecular formula is C13H8Cl2F3NO. The molecule has 1 aromatic heterocycles. The molecule has 0 radical (unpaired) electrons. The third-order valence-electron chi connectivity index (χ3n) is 2.65. The number of nitrogens with zero attached hydrogens (tertiary/aromatic N) is 1. The second kappa shape index (κ2) is 5.60. The van der Waals surface area contributed by atoms with Crippen molar-refractivity contribution in [2.45, 2.75) is 12.3 Å². The summed E-state index contributed by atoms with van der Waals surface area (Å²) in [7, 11) is 0. The lowest BCUT2D eigenvalue weighted by Crippen LogP contribution is -2.08. The van der Waals surface area contributed by atoms with Gasteiger partial charge in [-0.1, -0.05) is 23.2 Å². The molecular weight excluding hydrogens is 314 g/mol. The second-order valence-corrected chi connectivity index (χ2v) is 4.88. The van der Waals surface area contributed by atoms with E-state index in [4.69, 9.17) is 23.2 Å². The molecule has 0 saturated heterocycles. The number of rotatable bonds is 2. The van der Waals surface area contributed by atoms with E-state index in [1.165, 1.54) is 12.1 Å². The van der Waals surface area contributed by atoms with Gasteiger partial charge in [-0.25, -0.2) is 0 Å². The minimum Gasteiger partial charge on any atom is -0.382 e. The minimum atomic E-state index is -4.47. The van der Waals surface area contributed by atoms with Crippen LogP contribution in [-0.2, 0) is 6.18 Å². The van der Waals surface area contributed by atoms with Crippen LogP contribution in [0.3, 0.4) is 0 Å². The van der Waals surface area contributed by atoms with Crippen LogP contribution in [0.2, 0.25) is 10.0 Å². The molecule has 0 fully saturated rings. The summed E-state index contributed by atoms with van der Waals surface area (Å²) < 4.78 is 37.3. The first kappa shape index (κ1) is 15.1. The highest BCUT2D eigenvalue weighted by atomic mass is 35.5. The highest BCUT2D eigenvalue weighted by Gasteiger charge is 2.31. The van der Waals surface area contributed by atoms with Crippen molar-refractivity contribution < 1.29 is 18.3 Å². The van der Waals surface area contributed by atoms with E-state index in [1.807, 2.05) is 0 Å². The Hall–Kier alpha value is -1.30. The summed E-state index contributed by atoms with van der Waals surface area (Å²) in [6.45, 7) is 0. The van der Waals surface area contributed by atoms with Gasteiger partial charge in [-0.2, -0.15) is 13.2 Å². The molecule has 1 N–H and O–H groups in total. The van der Waals surface area contributed by atoms with E-state index in [2.05, 4.69) is 4.98 Å². The van der Waals surface area contributed by atoms with Crippen molar-refractivity contribution in [3.63, 3.8) is 0 Å². The standard InChI is InChI=1S/C13H8Cl2F3NO/c14-8-2-3-10(15)9(5-8)12(20)11-4-1-7(6-19-11)13(16,17)18/h1-6,12,20H.